The number of carbonyl (C=O) groups excluding carboxylic acids is 2. The quantitative estimate of drug-likeness (QED) is 0.0686. The van der Waals surface area contributed by atoms with Gasteiger partial charge in [0.2, 0.25) is 11.8 Å². The second-order valence-corrected chi connectivity index (χ2v) is 7.86. The molecule has 9 nitrogen and oxygen atoms in total. The molecule has 3 radical (unpaired) electrons. The van der Waals surface area contributed by atoms with Crippen molar-refractivity contribution in [1.82, 2.24) is 21.3 Å². The average Bonchev–Trinajstić information content (AvgIpc) is 3.00. The summed E-state index contributed by atoms with van der Waals surface area (Å²) in [7, 11) is 6.76. The van der Waals surface area contributed by atoms with E-state index in [4.69, 9.17) is 17.6 Å². The van der Waals surface area contributed by atoms with E-state index in [1.54, 1.807) is 21.2 Å². The Balaban J connectivity index is -0.000000160. The zero-order valence-electron chi connectivity index (χ0n) is 25.3. The van der Waals surface area contributed by atoms with E-state index in [9.17, 15) is 9.59 Å². The molecule has 0 aliphatic heterocycles. The number of methoxy groups -OCH3 is 1. The summed E-state index contributed by atoms with van der Waals surface area (Å²) in [5, 5.41) is 17.6. The molecule has 0 bridgehead atoms. The first-order valence-electron chi connectivity index (χ1n) is 12.4. The SMILES string of the molecule is CCCCN[C@@H](Cc1ccccc1)C(=O)NC.CNC(=O)[C@@H](N)Cc1ccccc1.CNCOC.II.[B].[C-]#N.[Na+]. The van der Waals surface area contributed by atoms with Crippen LogP contribution in [-0.2, 0) is 27.2 Å². The van der Waals surface area contributed by atoms with Crippen LogP contribution in [0, 0.1) is 11.8 Å². The van der Waals surface area contributed by atoms with Crippen molar-refractivity contribution in [2.45, 2.75) is 44.7 Å². The van der Waals surface area contributed by atoms with Gasteiger partial charge in [-0.3, -0.25) is 14.9 Å². The maximum atomic E-state index is 11.7. The number of nitrogens with one attached hydrogen (secondary N) is 4. The van der Waals surface area contributed by atoms with Gasteiger partial charge in [0.25, 0.3) is 0 Å². The zero-order valence-corrected chi connectivity index (χ0v) is 31.6. The third-order valence-electron chi connectivity index (χ3n) is 4.94. The van der Waals surface area contributed by atoms with Crippen LogP contribution in [-0.4, -0.2) is 73.8 Å². The summed E-state index contributed by atoms with van der Waals surface area (Å²) < 4.78 is 4.58. The third-order valence-corrected chi connectivity index (χ3v) is 4.94. The van der Waals surface area contributed by atoms with Crippen molar-refractivity contribution in [1.29, 1.82) is 5.26 Å². The summed E-state index contributed by atoms with van der Waals surface area (Å²) in [6.07, 6.45) is 3.56. The molecule has 2 rings (SSSR count). The van der Waals surface area contributed by atoms with Crippen molar-refractivity contribution >= 4 is 57.5 Å². The number of ether oxygens (including phenoxy) is 1. The van der Waals surface area contributed by atoms with Gasteiger partial charge in [-0.15, -0.1) is 0 Å². The molecule has 6 N–H and O–H groups in total. The van der Waals surface area contributed by atoms with Crippen LogP contribution in [0.1, 0.15) is 30.9 Å². The summed E-state index contributed by atoms with van der Waals surface area (Å²) in [6, 6.07) is 19.3. The topological polar surface area (TPSA) is 141 Å². The standard InChI is InChI=1S/C14H22N2O.C10H14N2O.C3H9NO.CN.B.I2.Na/c1-3-4-10-16-13(14(17)15-2)11-12-8-6-5-7-9-12;1-12-10(13)9(11)7-8-5-3-2-4-6-8;1-4-3-5-2;1-2;;1-2;/h5-9,13,16H,3-4,10-11H2,1-2H3,(H,15,17);2-6,9H,7,11H2,1H3,(H,12,13);4H,3H2,1-2H3;;;;/q;;;-1;;;+1/t13-;9-;;;;;/m00...../s1. The molecule has 2 aromatic rings. The molecule has 223 valence electrons. The molecule has 2 atom stereocenters. The minimum absolute atomic E-state index is 0. The van der Waals surface area contributed by atoms with E-state index < -0.39 is 6.04 Å². The molecule has 41 heavy (non-hydrogen) atoms. The molecular weight excluding hydrogens is 756 g/mol. The molecule has 0 unspecified atom stereocenters. The maximum absolute atomic E-state index is 11.7. The molecular formula is C28H45BI2N6NaO3. The summed E-state index contributed by atoms with van der Waals surface area (Å²) in [5.41, 5.74) is 7.92. The normalized spacial score (nSPS) is 10.1. The zero-order chi connectivity index (χ0) is 30.3. The van der Waals surface area contributed by atoms with Crippen LogP contribution in [0.3, 0.4) is 0 Å². The Hall–Kier alpha value is -0.765. The Bertz CT molecular complexity index is 841. The number of rotatable bonds is 12. The summed E-state index contributed by atoms with van der Waals surface area (Å²) in [6.45, 7) is 8.43. The fourth-order valence-electron chi connectivity index (χ4n) is 3.03. The van der Waals surface area contributed by atoms with Crippen LogP contribution in [0.15, 0.2) is 60.7 Å². The number of unbranched alkanes of at least 4 members (excludes halogenated alkanes) is 1. The Morgan fingerprint density at radius 1 is 0.902 bits per heavy atom. The number of hydrogen-bond donors (Lipinski definition) is 5. The van der Waals surface area contributed by atoms with Gasteiger partial charge in [-0.05, 0) is 44.0 Å². The molecule has 0 aliphatic rings. The predicted molar refractivity (Wildman–Crippen MR) is 183 cm³/mol. The number of carbonyl (C=O) groups is 2. The predicted octanol–water partition coefficient (Wildman–Crippen LogP) is 0.336. The Morgan fingerprint density at radius 2 is 1.34 bits per heavy atom. The number of nitrogens with zero attached hydrogens (tertiary/aromatic N) is 1. The molecule has 0 spiro atoms. The van der Waals surface area contributed by atoms with E-state index in [0.29, 0.717) is 13.2 Å². The van der Waals surface area contributed by atoms with Gasteiger partial charge in [-0.1, -0.05) is 74.0 Å². The van der Waals surface area contributed by atoms with Gasteiger partial charge in [0, 0.05) is 66.8 Å². The largest absolute Gasteiger partial charge is 1.00 e. The number of likely N-dealkylation sites (N-methyl/N-ethyl adjacent to an activating group) is 2. The van der Waals surface area contributed by atoms with Crippen LogP contribution < -0.4 is 56.6 Å². The van der Waals surface area contributed by atoms with Crippen LogP contribution >= 0.6 is 37.2 Å². The van der Waals surface area contributed by atoms with Gasteiger partial charge < -0.3 is 38.3 Å². The molecule has 13 heteroatoms. The molecule has 0 heterocycles. The summed E-state index contributed by atoms with van der Waals surface area (Å²) in [4.78, 5) is 22.8. The van der Waals surface area contributed by atoms with Crippen LogP contribution in [0.25, 0.3) is 0 Å². The van der Waals surface area contributed by atoms with Gasteiger partial charge in [-0.2, -0.15) is 0 Å². The number of hydrogen-bond acceptors (Lipinski definition) is 7. The van der Waals surface area contributed by atoms with Crippen molar-refractivity contribution in [2.24, 2.45) is 5.73 Å². The van der Waals surface area contributed by atoms with E-state index in [0.717, 1.165) is 31.4 Å². The van der Waals surface area contributed by atoms with Crippen molar-refractivity contribution < 1.29 is 43.9 Å². The summed E-state index contributed by atoms with van der Waals surface area (Å²) >= 11 is 4.24. The van der Waals surface area contributed by atoms with Crippen molar-refractivity contribution in [2.75, 3.05) is 41.5 Å². The van der Waals surface area contributed by atoms with E-state index in [1.807, 2.05) is 55.6 Å². The van der Waals surface area contributed by atoms with E-state index in [-0.39, 0.29) is 55.8 Å². The monoisotopic (exact) mass is 801 g/mol. The number of nitrogens with two attached hydrogens (primary N) is 1. The smallest absolute Gasteiger partial charge is 0.512 e. The van der Waals surface area contributed by atoms with Gasteiger partial charge >= 0.3 is 29.6 Å². The molecule has 0 aliphatic carbocycles. The Morgan fingerprint density at radius 3 is 1.68 bits per heavy atom. The van der Waals surface area contributed by atoms with E-state index in [1.165, 1.54) is 5.56 Å². The molecule has 0 saturated carbocycles. The van der Waals surface area contributed by atoms with Crippen LogP contribution in [0.5, 0.6) is 0 Å². The third kappa shape index (κ3) is 30.5. The van der Waals surface area contributed by atoms with E-state index >= 15 is 0 Å². The second kappa shape index (κ2) is 39.2. The van der Waals surface area contributed by atoms with Crippen molar-refractivity contribution in [3.8, 4) is 0 Å². The van der Waals surface area contributed by atoms with Crippen molar-refractivity contribution in [3.63, 3.8) is 0 Å². The first kappa shape index (κ1) is 49.9. The average molecular weight is 801 g/mol. The van der Waals surface area contributed by atoms with Crippen molar-refractivity contribution in [3.05, 3.63) is 78.4 Å². The van der Waals surface area contributed by atoms with E-state index in [2.05, 4.69) is 82.3 Å². The maximum Gasteiger partial charge on any atom is 1.00 e. The molecule has 0 saturated heterocycles. The molecule has 2 amide bonds. The fourth-order valence-corrected chi connectivity index (χ4v) is 3.03. The minimum Gasteiger partial charge on any atom is -0.512 e. The van der Waals surface area contributed by atoms with Gasteiger partial charge in [0.1, 0.15) is 0 Å². The number of amides is 2. The molecule has 0 aromatic heterocycles. The Labute approximate surface area is 295 Å². The first-order chi connectivity index (χ1) is 18.9. The number of halogens is 2. The summed E-state index contributed by atoms with van der Waals surface area (Å²) in [5.74, 6) is -0.0613. The molecule has 0 fully saturated rings. The first-order valence-corrected chi connectivity index (χ1v) is 18.7. The van der Waals surface area contributed by atoms with Crippen LogP contribution in [0.4, 0.5) is 0 Å². The second-order valence-electron chi connectivity index (χ2n) is 7.86. The van der Waals surface area contributed by atoms with Gasteiger partial charge in [0.05, 0.1) is 18.8 Å². The minimum atomic E-state index is -0.451. The Kier molecular flexibility index (Phi) is 47.7. The van der Waals surface area contributed by atoms with Crippen LogP contribution in [0.2, 0.25) is 0 Å². The van der Waals surface area contributed by atoms with Gasteiger partial charge in [-0.25, -0.2) is 0 Å². The molecule has 2 aromatic carbocycles. The number of benzene rings is 2. The van der Waals surface area contributed by atoms with Gasteiger partial charge in [0.15, 0.2) is 0 Å². The fraction of sp³-hybridized carbons (Fsp3) is 0.464.